The lowest BCUT2D eigenvalue weighted by Crippen LogP contribution is -2.44. The summed E-state index contributed by atoms with van der Waals surface area (Å²) in [6.07, 6.45) is 2.14. The fourth-order valence-electron chi connectivity index (χ4n) is 3.92. The largest absolute Gasteiger partial charge is 0.501 e. The highest BCUT2D eigenvalue weighted by Gasteiger charge is 2.30. The molecule has 1 aromatic heterocycles. The van der Waals surface area contributed by atoms with Crippen molar-refractivity contribution in [2.24, 2.45) is 0 Å². The normalized spacial score (nSPS) is 17.7. The minimum atomic E-state index is -0.463. The first-order valence-electron chi connectivity index (χ1n) is 11.3. The Morgan fingerprint density at radius 2 is 2.00 bits per heavy atom. The number of hydrazine groups is 1. The van der Waals surface area contributed by atoms with Crippen LogP contribution in [0.3, 0.4) is 0 Å². The molecule has 1 atom stereocenters. The number of benzene rings is 1. The van der Waals surface area contributed by atoms with Gasteiger partial charge in [0.25, 0.3) is 5.56 Å². The maximum atomic E-state index is 13.1. The van der Waals surface area contributed by atoms with Crippen molar-refractivity contribution in [3.8, 4) is 5.75 Å². The molecule has 9 heteroatoms. The molecule has 1 unspecified atom stereocenters. The van der Waals surface area contributed by atoms with Crippen molar-refractivity contribution < 1.29 is 9.50 Å². The van der Waals surface area contributed by atoms with Crippen LogP contribution in [0.2, 0.25) is 0 Å². The number of fused-ring (bicyclic) bond motifs is 1. The van der Waals surface area contributed by atoms with Crippen LogP contribution in [0.5, 0.6) is 5.75 Å². The van der Waals surface area contributed by atoms with Gasteiger partial charge in [-0.1, -0.05) is 32.6 Å². The molecular weight excluding hydrogens is 423 g/mol. The van der Waals surface area contributed by atoms with Crippen LogP contribution >= 0.6 is 0 Å². The van der Waals surface area contributed by atoms with Crippen LogP contribution in [-0.4, -0.2) is 51.2 Å². The third-order valence-electron chi connectivity index (χ3n) is 5.87. The van der Waals surface area contributed by atoms with E-state index >= 15 is 0 Å². The van der Waals surface area contributed by atoms with Gasteiger partial charge in [-0.2, -0.15) is 0 Å². The summed E-state index contributed by atoms with van der Waals surface area (Å²) in [7, 11) is 1.98. The summed E-state index contributed by atoms with van der Waals surface area (Å²) in [6.45, 7) is 13.0. The highest BCUT2D eigenvalue weighted by molar-refractivity contribution is 5.63. The summed E-state index contributed by atoms with van der Waals surface area (Å²) < 4.78 is 14.6. The van der Waals surface area contributed by atoms with Gasteiger partial charge in [-0.3, -0.25) is 14.3 Å². The summed E-state index contributed by atoms with van der Waals surface area (Å²) in [5.41, 5.74) is 5.28. The summed E-state index contributed by atoms with van der Waals surface area (Å²) in [5, 5.41) is 15.6. The molecule has 0 saturated carbocycles. The second-order valence-corrected chi connectivity index (χ2v) is 7.85. The van der Waals surface area contributed by atoms with Gasteiger partial charge >= 0.3 is 0 Å². The number of halogens is 1. The summed E-state index contributed by atoms with van der Waals surface area (Å²) >= 11 is 0. The number of likely N-dealkylation sites (N-methyl/N-ethyl adjacent to an activating group) is 1. The van der Waals surface area contributed by atoms with E-state index < -0.39 is 11.3 Å². The molecule has 0 saturated heterocycles. The summed E-state index contributed by atoms with van der Waals surface area (Å²) in [4.78, 5) is 19.7. The van der Waals surface area contributed by atoms with Gasteiger partial charge in [-0.15, -0.1) is 0 Å². The molecule has 1 aromatic carbocycles. The maximum Gasteiger partial charge on any atom is 0.296 e. The van der Waals surface area contributed by atoms with E-state index in [2.05, 4.69) is 33.3 Å². The van der Waals surface area contributed by atoms with Crippen LogP contribution in [0.25, 0.3) is 5.70 Å². The van der Waals surface area contributed by atoms with Gasteiger partial charge < -0.3 is 15.4 Å². The Morgan fingerprint density at radius 3 is 2.64 bits per heavy atom. The van der Waals surface area contributed by atoms with Crippen LogP contribution in [0.4, 0.5) is 4.39 Å². The van der Waals surface area contributed by atoms with Gasteiger partial charge in [0.05, 0.1) is 11.7 Å². The third-order valence-corrected chi connectivity index (χ3v) is 5.87. The molecule has 0 fully saturated rings. The van der Waals surface area contributed by atoms with Crippen molar-refractivity contribution in [3.05, 3.63) is 75.9 Å². The molecule has 33 heavy (non-hydrogen) atoms. The highest BCUT2D eigenvalue weighted by Crippen LogP contribution is 2.27. The number of rotatable bonds is 6. The van der Waals surface area contributed by atoms with E-state index in [1.807, 2.05) is 32.8 Å². The van der Waals surface area contributed by atoms with Crippen molar-refractivity contribution in [2.75, 3.05) is 26.7 Å². The van der Waals surface area contributed by atoms with Crippen LogP contribution in [0.15, 0.2) is 47.4 Å². The predicted molar refractivity (Wildman–Crippen MR) is 128 cm³/mol. The van der Waals surface area contributed by atoms with E-state index in [0.29, 0.717) is 31.2 Å². The lowest BCUT2D eigenvalue weighted by atomic mass is 10.1. The number of aromatic nitrogens is 2. The monoisotopic (exact) mass is 456 g/mol. The molecular formula is C24H33FN6O2. The number of hydrogen-bond donors (Lipinski definition) is 3. The van der Waals surface area contributed by atoms with Crippen molar-refractivity contribution in [1.29, 1.82) is 0 Å². The fraction of sp³-hybridized carbons (Fsp3) is 0.417. The molecule has 0 spiro atoms. The van der Waals surface area contributed by atoms with Crippen LogP contribution in [0.1, 0.15) is 43.9 Å². The average Bonchev–Trinajstić information content (AvgIpc) is 3.23. The van der Waals surface area contributed by atoms with Crippen LogP contribution in [-0.2, 0) is 13.1 Å². The van der Waals surface area contributed by atoms with Gasteiger partial charge in [0.1, 0.15) is 17.3 Å². The van der Waals surface area contributed by atoms with Gasteiger partial charge in [0.15, 0.2) is 0 Å². The molecule has 0 aliphatic carbocycles. The standard InChI is InChI=1S/C22H27FN6O2.C2H6/c1-14(24-12-16-4-6-17(23)7-5-16)19-20(30)22(31)29-11-10-28(15(2)21(29)26-19)13-18-8-9-25-27(18)3;1-2/h4-8,15,24-25,30H,1,9-13H2,2-3H3;1-2H3. The number of nitrogens with zero attached hydrogens (tertiary/aromatic N) is 4. The van der Waals surface area contributed by atoms with Crippen LogP contribution in [0, 0.1) is 5.82 Å². The Labute approximate surface area is 194 Å². The Balaban J connectivity index is 0.00000149. The van der Waals surface area contributed by atoms with Gasteiger partial charge in [0.2, 0.25) is 5.75 Å². The molecule has 8 nitrogen and oxygen atoms in total. The molecule has 2 aliphatic rings. The van der Waals surface area contributed by atoms with E-state index in [0.717, 1.165) is 18.7 Å². The van der Waals surface area contributed by atoms with Gasteiger partial charge in [-0.25, -0.2) is 14.8 Å². The number of aromatic hydroxyl groups is 1. The Bertz CT molecular complexity index is 1080. The average molecular weight is 457 g/mol. The number of hydrogen-bond acceptors (Lipinski definition) is 7. The Kier molecular flexibility index (Phi) is 7.88. The highest BCUT2D eigenvalue weighted by atomic mass is 19.1. The quantitative estimate of drug-likeness (QED) is 0.616. The first-order chi connectivity index (χ1) is 15.8. The second kappa shape index (κ2) is 10.6. The van der Waals surface area contributed by atoms with E-state index in [1.54, 1.807) is 12.1 Å². The van der Waals surface area contributed by atoms with E-state index in [-0.39, 0.29) is 17.6 Å². The molecule has 0 bridgehead atoms. The zero-order valence-corrected chi connectivity index (χ0v) is 19.7. The second-order valence-electron chi connectivity index (χ2n) is 7.85. The molecule has 4 rings (SSSR count). The molecule has 0 radical (unpaired) electrons. The Hall–Kier alpha value is -3.17. The van der Waals surface area contributed by atoms with Crippen LogP contribution < -0.4 is 16.3 Å². The lowest BCUT2D eigenvalue weighted by molar-refractivity contribution is 0.157. The smallest absolute Gasteiger partial charge is 0.296 e. The zero-order valence-electron chi connectivity index (χ0n) is 19.7. The minimum Gasteiger partial charge on any atom is -0.501 e. The molecule has 2 aromatic rings. The summed E-state index contributed by atoms with van der Waals surface area (Å²) in [5.74, 6) is -0.120. The first kappa shape index (κ1) is 24.5. The van der Waals surface area contributed by atoms with Crippen molar-refractivity contribution in [1.82, 2.24) is 30.2 Å². The third kappa shape index (κ3) is 5.26. The fourth-order valence-corrected chi connectivity index (χ4v) is 3.92. The molecule has 178 valence electrons. The predicted octanol–water partition coefficient (Wildman–Crippen LogP) is 2.59. The van der Waals surface area contributed by atoms with E-state index in [1.165, 1.54) is 22.4 Å². The summed E-state index contributed by atoms with van der Waals surface area (Å²) in [6, 6.07) is 5.97. The lowest BCUT2D eigenvalue weighted by Gasteiger charge is -2.36. The topological polar surface area (TPSA) is 85.7 Å². The molecule has 0 amide bonds. The van der Waals surface area contributed by atoms with Gasteiger partial charge in [0, 0.05) is 45.5 Å². The number of nitrogens with one attached hydrogen (secondary N) is 2. The van der Waals surface area contributed by atoms with E-state index in [9.17, 15) is 14.3 Å². The first-order valence-corrected chi connectivity index (χ1v) is 11.3. The van der Waals surface area contributed by atoms with Crippen molar-refractivity contribution in [2.45, 2.75) is 39.9 Å². The zero-order chi connectivity index (χ0) is 24.1. The Morgan fingerprint density at radius 1 is 1.30 bits per heavy atom. The van der Waals surface area contributed by atoms with E-state index in [4.69, 9.17) is 0 Å². The minimum absolute atomic E-state index is 0.111. The molecule has 3 heterocycles. The molecule has 2 aliphatic heterocycles. The maximum absolute atomic E-state index is 13.1. The molecule has 3 N–H and O–H groups in total. The SMILES string of the molecule is C=C(NCc1ccc(F)cc1)c1nc2n(c(=O)c1O)CCN(CC1=CCNN1C)C2C.CC. The van der Waals surface area contributed by atoms with Crippen molar-refractivity contribution in [3.63, 3.8) is 0 Å². The van der Waals surface area contributed by atoms with Gasteiger partial charge in [-0.05, 0) is 30.7 Å². The van der Waals surface area contributed by atoms with Crippen molar-refractivity contribution >= 4 is 5.70 Å².